The minimum atomic E-state index is -0.743. The number of carbonyl (C=O) groups is 2. The fourth-order valence-corrected chi connectivity index (χ4v) is 3.71. The van der Waals surface area contributed by atoms with E-state index in [0.29, 0.717) is 12.2 Å². The van der Waals surface area contributed by atoms with Gasteiger partial charge in [0, 0.05) is 25.7 Å². The van der Waals surface area contributed by atoms with Gasteiger partial charge >= 0.3 is 5.97 Å². The maximum atomic E-state index is 12.8. The summed E-state index contributed by atoms with van der Waals surface area (Å²) < 4.78 is 11.9. The summed E-state index contributed by atoms with van der Waals surface area (Å²) in [7, 11) is 1.58. The van der Waals surface area contributed by atoms with E-state index in [9.17, 15) is 14.4 Å². The Morgan fingerprint density at radius 3 is 2.86 bits per heavy atom. The molecule has 1 unspecified atom stereocenters. The summed E-state index contributed by atoms with van der Waals surface area (Å²) in [6.45, 7) is -0.494. The minimum absolute atomic E-state index is 0.0904. The lowest BCUT2D eigenvalue weighted by Gasteiger charge is -2.19. The molecule has 29 heavy (non-hydrogen) atoms. The van der Waals surface area contributed by atoms with Crippen LogP contribution in [0.3, 0.4) is 0 Å². The highest BCUT2D eigenvalue weighted by Crippen LogP contribution is 2.34. The minimum Gasteiger partial charge on any atom is -0.467 e. The molecule has 3 aromatic heterocycles. The van der Waals surface area contributed by atoms with Gasteiger partial charge in [0.25, 0.3) is 11.5 Å². The molecule has 0 bridgehead atoms. The second kappa shape index (κ2) is 7.88. The number of hydrogen-bond acceptors (Lipinski definition) is 7. The molecular weight excluding hydrogens is 394 g/mol. The normalized spacial score (nSPS) is 16.0. The summed E-state index contributed by atoms with van der Waals surface area (Å²) in [5.41, 5.74) is 0.522. The lowest BCUT2D eigenvalue weighted by Crippen LogP contribution is -2.31. The van der Waals surface area contributed by atoms with E-state index in [4.69, 9.17) is 9.15 Å². The van der Waals surface area contributed by atoms with Crippen molar-refractivity contribution < 1.29 is 18.7 Å². The molecule has 1 amide bonds. The number of pyridine rings is 1. The zero-order chi connectivity index (χ0) is 20.4. The molecule has 8 nitrogen and oxygen atoms in total. The van der Waals surface area contributed by atoms with Crippen LogP contribution in [0.4, 0.5) is 0 Å². The number of hydrazone groups is 1. The molecule has 0 spiro atoms. The highest BCUT2D eigenvalue weighted by Gasteiger charge is 2.35. The Hall–Kier alpha value is -3.46. The molecule has 4 heterocycles. The Labute approximate surface area is 169 Å². The number of amides is 1. The van der Waals surface area contributed by atoms with Crippen molar-refractivity contribution in [1.29, 1.82) is 0 Å². The van der Waals surface area contributed by atoms with Crippen molar-refractivity contribution in [3.05, 3.63) is 80.8 Å². The van der Waals surface area contributed by atoms with E-state index in [0.717, 1.165) is 10.6 Å². The first kappa shape index (κ1) is 18.9. The van der Waals surface area contributed by atoms with Gasteiger partial charge in [-0.3, -0.25) is 9.59 Å². The smallest absolute Gasteiger partial charge is 0.338 e. The average molecular weight is 411 g/mol. The van der Waals surface area contributed by atoms with Gasteiger partial charge < -0.3 is 13.7 Å². The van der Waals surface area contributed by atoms with Crippen LogP contribution >= 0.6 is 11.3 Å². The largest absolute Gasteiger partial charge is 0.467 e. The van der Waals surface area contributed by atoms with Crippen LogP contribution in [0.25, 0.3) is 0 Å². The van der Waals surface area contributed by atoms with Crippen LogP contribution in [0.5, 0.6) is 0 Å². The number of furan rings is 1. The molecule has 3 aromatic rings. The van der Waals surface area contributed by atoms with Crippen molar-refractivity contribution in [2.24, 2.45) is 12.1 Å². The number of thiophene rings is 1. The molecule has 0 N–H and O–H groups in total. The van der Waals surface area contributed by atoms with Gasteiger partial charge in [0.1, 0.15) is 11.8 Å². The summed E-state index contributed by atoms with van der Waals surface area (Å²) in [5.74, 6) is -0.617. The lowest BCUT2D eigenvalue weighted by molar-refractivity contribution is -0.136. The van der Waals surface area contributed by atoms with E-state index >= 15 is 0 Å². The highest BCUT2D eigenvalue weighted by atomic mass is 32.1. The zero-order valence-electron chi connectivity index (χ0n) is 15.5. The highest BCUT2D eigenvalue weighted by molar-refractivity contribution is 7.12. The fourth-order valence-electron chi connectivity index (χ4n) is 2.99. The number of esters is 1. The second-order valence-electron chi connectivity index (χ2n) is 6.44. The van der Waals surface area contributed by atoms with Gasteiger partial charge in [0.05, 0.1) is 22.4 Å². The lowest BCUT2D eigenvalue weighted by atomic mass is 10.1. The van der Waals surface area contributed by atoms with Crippen LogP contribution in [0.2, 0.25) is 0 Å². The summed E-state index contributed by atoms with van der Waals surface area (Å²) in [6.07, 6.45) is 3.51. The van der Waals surface area contributed by atoms with Crippen LogP contribution in [-0.2, 0) is 16.6 Å². The first-order chi connectivity index (χ1) is 14.0. The number of rotatable bonds is 5. The Morgan fingerprint density at radius 2 is 2.17 bits per heavy atom. The van der Waals surface area contributed by atoms with Gasteiger partial charge in [-0.1, -0.05) is 6.07 Å². The van der Waals surface area contributed by atoms with Crippen LogP contribution in [0.15, 0.2) is 68.6 Å². The van der Waals surface area contributed by atoms with Crippen molar-refractivity contribution >= 4 is 28.9 Å². The van der Waals surface area contributed by atoms with E-state index in [1.54, 1.807) is 19.2 Å². The van der Waals surface area contributed by atoms with Crippen molar-refractivity contribution in [1.82, 2.24) is 9.58 Å². The van der Waals surface area contributed by atoms with E-state index < -0.39 is 24.5 Å². The van der Waals surface area contributed by atoms with Gasteiger partial charge in [0.15, 0.2) is 6.61 Å². The Kier molecular flexibility index (Phi) is 5.13. The molecule has 0 radical (unpaired) electrons. The standard InChI is InChI=1S/C20H17N3O5S/c1-22-7-6-13(10-18(22)24)20(26)28-12-19(25)23-15(16-4-2-8-27-16)11-14(21-23)17-5-3-9-29-17/h2-10,15H,11-12H2,1H3. The quantitative estimate of drug-likeness (QED) is 0.602. The van der Waals surface area contributed by atoms with Crippen LogP contribution < -0.4 is 5.56 Å². The van der Waals surface area contributed by atoms with Crippen molar-refractivity contribution in [2.75, 3.05) is 6.61 Å². The molecule has 4 rings (SSSR count). The summed E-state index contributed by atoms with van der Waals surface area (Å²) in [4.78, 5) is 37.6. The Balaban J connectivity index is 1.49. The number of nitrogens with zero attached hydrogens (tertiary/aromatic N) is 3. The molecule has 1 aliphatic heterocycles. The summed E-state index contributed by atoms with van der Waals surface area (Å²) in [6, 6.07) is 9.61. The molecule has 0 aliphatic carbocycles. The predicted molar refractivity (Wildman–Crippen MR) is 106 cm³/mol. The number of aromatic nitrogens is 1. The molecule has 9 heteroatoms. The number of hydrogen-bond donors (Lipinski definition) is 0. The topological polar surface area (TPSA) is 94.1 Å². The van der Waals surface area contributed by atoms with E-state index in [1.807, 2.05) is 17.5 Å². The van der Waals surface area contributed by atoms with Gasteiger partial charge in [-0.25, -0.2) is 9.80 Å². The first-order valence-corrected chi connectivity index (χ1v) is 9.71. The van der Waals surface area contributed by atoms with E-state index in [-0.39, 0.29) is 11.1 Å². The van der Waals surface area contributed by atoms with E-state index in [1.165, 1.54) is 45.5 Å². The molecule has 1 atom stereocenters. The van der Waals surface area contributed by atoms with Crippen molar-refractivity contribution in [3.63, 3.8) is 0 Å². The fraction of sp³-hybridized carbons (Fsp3) is 0.200. The molecule has 0 fully saturated rings. The maximum absolute atomic E-state index is 12.8. The number of aryl methyl sites for hydroxylation is 1. The third kappa shape index (κ3) is 3.90. The van der Waals surface area contributed by atoms with Gasteiger partial charge in [-0.2, -0.15) is 5.10 Å². The van der Waals surface area contributed by atoms with Crippen LogP contribution in [0, 0.1) is 0 Å². The average Bonchev–Trinajstić information content (AvgIpc) is 3.48. The molecule has 0 aromatic carbocycles. The third-order valence-electron chi connectivity index (χ3n) is 4.51. The predicted octanol–water partition coefficient (Wildman–Crippen LogP) is 2.57. The Bertz CT molecular complexity index is 1120. The monoisotopic (exact) mass is 411 g/mol. The van der Waals surface area contributed by atoms with Gasteiger partial charge in [0.2, 0.25) is 0 Å². The molecule has 0 saturated carbocycles. The molecule has 148 valence electrons. The summed E-state index contributed by atoms with van der Waals surface area (Å²) >= 11 is 1.53. The van der Waals surface area contributed by atoms with Crippen molar-refractivity contribution in [3.8, 4) is 0 Å². The van der Waals surface area contributed by atoms with E-state index in [2.05, 4.69) is 5.10 Å². The Morgan fingerprint density at radius 1 is 1.31 bits per heavy atom. The molecular formula is C20H17N3O5S. The summed E-state index contributed by atoms with van der Waals surface area (Å²) in [5, 5.41) is 7.69. The zero-order valence-corrected chi connectivity index (χ0v) is 16.3. The van der Waals surface area contributed by atoms with Crippen molar-refractivity contribution in [2.45, 2.75) is 12.5 Å². The van der Waals surface area contributed by atoms with Gasteiger partial charge in [-0.05, 0) is 29.6 Å². The molecule has 1 aliphatic rings. The van der Waals surface area contributed by atoms with Gasteiger partial charge in [-0.15, -0.1) is 11.3 Å². The second-order valence-corrected chi connectivity index (χ2v) is 7.39. The SMILES string of the molecule is Cn1ccc(C(=O)OCC(=O)N2N=C(c3cccs3)CC2c2ccco2)cc1=O. The number of ether oxygens (including phenoxy) is 1. The first-order valence-electron chi connectivity index (χ1n) is 8.83. The number of carbonyl (C=O) groups excluding carboxylic acids is 2. The van der Waals surface area contributed by atoms with Crippen LogP contribution in [0.1, 0.15) is 33.5 Å². The third-order valence-corrected chi connectivity index (χ3v) is 5.43. The van der Waals surface area contributed by atoms with Crippen LogP contribution in [-0.4, -0.2) is 33.8 Å². The molecule has 0 saturated heterocycles. The maximum Gasteiger partial charge on any atom is 0.338 e.